The fourth-order valence-electron chi connectivity index (χ4n) is 3.64. The van der Waals surface area contributed by atoms with Gasteiger partial charge in [-0.15, -0.1) is 0 Å². The molecule has 1 atom stereocenters. The molecule has 1 aliphatic heterocycles. The molecule has 31 heavy (non-hydrogen) atoms. The number of aryl methyl sites for hydroxylation is 1. The summed E-state index contributed by atoms with van der Waals surface area (Å²) < 4.78 is 19.2. The summed E-state index contributed by atoms with van der Waals surface area (Å²) in [5.41, 5.74) is 1.80. The van der Waals surface area contributed by atoms with Crippen LogP contribution in [-0.2, 0) is 20.7 Å². The number of piperazine rings is 1. The maximum Gasteiger partial charge on any atom is 0.248 e. The second kappa shape index (κ2) is 11.5. The van der Waals surface area contributed by atoms with Crippen LogP contribution < -0.4 is 10.2 Å². The summed E-state index contributed by atoms with van der Waals surface area (Å²) in [6.07, 6.45) is 1.72. The van der Waals surface area contributed by atoms with Crippen LogP contribution in [0.25, 0.3) is 0 Å². The van der Waals surface area contributed by atoms with Gasteiger partial charge in [0.15, 0.2) is 0 Å². The molecule has 1 fully saturated rings. The van der Waals surface area contributed by atoms with Crippen molar-refractivity contribution < 1.29 is 18.7 Å². The van der Waals surface area contributed by atoms with E-state index in [2.05, 4.69) is 17.4 Å². The third kappa shape index (κ3) is 7.07. The quantitative estimate of drug-likeness (QED) is 0.668. The molecule has 1 N–H and O–H groups in total. The van der Waals surface area contributed by atoms with E-state index in [1.807, 2.05) is 30.0 Å². The fraction of sp³-hybridized carbons (Fsp3) is 0.417. The van der Waals surface area contributed by atoms with Crippen molar-refractivity contribution in [2.45, 2.75) is 25.8 Å². The van der Waals surface area contributed by atoms with Crippen LogP contribution in [0.15, 0.2) is 54.6 Å². The van der Waals surface area contributed by atoms with Gasteiger partial charge in [-0.25, -0.2) is 4.39 Å². The summed E-state index contributed by atoms with van der Waals surface area (Å²) in [4.78, 5) is 28.0. The molecule has 6 nitrogen and oxygen atoms in total. The molecule has 7 heteroatoms. The van der Waals surface area contributed by atoms with Gasteiger partial charge in [-0.05, 0) is 37.5 Å². The minimum atomic E-state index is -0.255. The number of carbonyl (C=O) groups is 2. The van der Waals surface area contributed by atoms with Crippen molar-refractivity contribution in [3.8, 4) is 0 Å². The molecule has 3 rings (SSSR count). The van der Waals surface area contributed by atoms with E-state index in [0.717, 1.165) is 12.8 Å². The summed E-state index contributed by atoms with van der Waals surface area (Å²) in [6.45, 7) is 3.81. The lowest BCUT2D eigenvalue weighted by Gasteiger charge is -2.36. The average molecular weight is 428 g/mol. The van der Waals surface area contributed by atoms with Crippen molar-refractivity contribution >= 4 is 17.5 Å². The minimum Gasteiger partial charge on any atom is -0.366 e. The van der Waals surface area contributed by atoms with Crippen molar-refractivity contribution in [1.29, 1.82) is 0 Å². The van der Waals surface area contributed by atoms with Gasteiger partial charge in [-0.3, -0.25) is 9.59 Å². The highest BCUT2D eigenvalue weighted by Crippen LogP contribution is 2.20. The topological polar surface area (TPSA) is 61.9 Å². The van der Waals surface area contributed by atoms with Crippen LogP contribution in [-0.4, -0.2) is 62.1 Å². The summed E-state index contributed by atoms with van der Waals surface area (Å²) in [7, 11) is 0. The average Bonchev–Trinajstić information content (AvgIpc) is 2.79. The first-order valence-electron chi connectivity index (χ1n) is 10.7. The molecule has 0 saturated carbocycles. The van der Waals surface area contributed by atoms with E-state index in [4.69, 9.17) is 4.74 Å². The molecule has 1 saturated heterocycles. The lowest BCUT2D eigenvalue weighted by atomic mass is 10.1. The number of benzene rings is 2. The molecular weight excluding hydrogens is 397 g/mol. The molecule has 166 valence electrons. The van der Waals surface area contributed by atoms with Crippen LogP contribution in [0.2, 0.25) is 0 Å². The maximum atomic E-state index is 13.9. The zero-order chi connectivity index (χ0) is 22.1. The molecule has 0 aromatic heterocycles. The Morgan fingerprint density at radius 3 is 2.39 bits per heavy atom. The first-order chi connectivity index (χ1) is 15.0. The summed E-state index contributed by atoms with van der Waals surface area (Å²) in [5.74, 6) is -0.634. The number of carbonyl (C=O) groups excluding carboxylic acids is 2. The Balaban J connectivity index is 1.31. The van der Waals surface area contributed by atoms with Crippen LogP contribution in [0.1, 0.15) is 18.9 Å². The Kier molecular flexibility index (Phi) is 8.41. The number of nitrogens with zero attached hydrogens (tertiary/aromatic N) is 2. The number of hydrogen-bond donors (Lipinski definition) is 1. The fourth-order valence-corrected chi connectivity index (χ4v) is 3.64. The number of para-hydroxylation sites is 1. The van der Waals surface area contributed by atoms with Gasteiger partial charge in [0.05, 0.1) is 5.69 Å². The highest BCUT2D eigenvalue weighted by molar-refractivity contribution is 5.80. The summed E-state index contributed by atoms with van der Waals surface area (Å²) in [6, 6.07) is 16.8. The Bertz CT molecular complexity index is 854. The van der Waals surface area contributed by atoms with E-state index < -0.39 is 0 Å². The Morgan fingerprint density at radius 2 is 1.68 bits per heavy atom. The van der Waals surface area contributed by atoms with Gasteiger partial charge in [0.2, 0.25) is 11.8 Å². The van der Waals surface area contributed by atoms with E-state index in [-0.39, 0.29) is 36.9 Å². The van der Waals surface area contributed by atoms with E-state index in [1.165, 1.54) is 11.6 Å². The maximum absolute atomic E-state index is 13.9. The predicted octanol–water partition coefficient (Wildman–Crippen LogP) is 2.63. The Hall–Kier alpha value is -2.93. The van der Waals surface area contributed by atoms with Gasteiger partial charge in [0, 0.05) is 32.2 Å². The van der Waals surface area contributed by atoms with E-state index in [1.54, 1.807) is 23.1 Å². The second-order valence-corrected chi connectivity index (χ2v) is 7.80. The highest BCUT2D eigenvalue weighted by atomic mass is 19.1. The molecule has 0 bridgehead atoms. The number of ether oxygens (including phenoxy) is 1. The normalized spacial score (nSPS) is 14.9. The molecule has 0 radical (unpaired) electrons. The standard InChI is InChI=1S/C24H30FN3O3/c1-19(11-12-20-7-3-2-4-8-20)26-23(29)17-31-18-24(30)28-15-13-27(14-16-28)22-10-6-5-9-21(22)25/h2-10,19H,11-18H2,1H3,(H,26,29)/t19-/m1/s1. The van der Waals surface area contributed by atoms with Crippen LogP contribution in [0.3, 0.4) is 0 Å². The van der Waals surface area contributed by atoms with Crippen LogP contribution in [0.4, 0.5) is 10.1 Å². The SMILES string of the molecule is C[C@H](CCc1ccccc1)NC(=O)COCC(=O)N1CCN(c2ccccc2F)CC1. The van der Waals surface area contributed by atoms with Gasteiger partial charge >= 0.3 is 0 Å². The number of nitrogens with one attached hydrogen (secondary N) is 1. The first-order valence-corrected chi connectivity index (χ1v) is 10.7. The van der Waals surface area contributed by atoms with Crippen LogP contribution >= 0.6 is 0 Å². The number of hydrogen-bond acceptors (Lipinski definition) is 4. The van der Waals surface area contributed by atoms with Gasteiger partial charge in [-0.2, -0.15) is 0 Å². The van der Waals surface area contributed by atoms with Gasteiger partial charge < -0.3 is 19.9 Å². The van der Waals surface area contributed by atoms with Crippen molar-refractivity contribution in [2.24, 2.45) is 0 Å². The summed E-state index contributed by atoms with van der Waals surface area (Å²) in [5, 5.41) is 2.90. The van der Waals surface area contributed by atoms with E-state index in [9.17, 15) is 14.0 Å². The van der Waals surface area contributed by atoms with Gasteiger partial charge in [0.25, 0.3) is 0 Å². The molecular formula is C24H30FN3O3. The zero-order valence-electron chi connectivity index (χ0n) is 17.9. The highest BCUT2D eigenvalue weighted by Gasteiger charge is 2.22. The molecule has 0 aliphatic carbocycles. The molecule has 1 aliphatic rings. The summed E-state index contributed by atoms with van der Waals surface area (Å²) >= 11 is 0. The third-order valence-corrected chi connectivity index (χ3v) is 5.40. The van der Waals surface area contributed by atoms with Crippen molar-refractivity contribution in [3.63, 3.8) is 0 Å². The number of amides is 2. The predicted molar refractivity (Wildman–Crippen MR) is 118 cm³/mol. The molecule has 2 amide bonds. The number of anilines is 1. The largest absolute Gasteiger partial charge is 0.366 e. The van der Waals surface area contributed by atoms with E-state index in [0.29, 0.717) is 31.9 Å². The van der Waals surface area contributed by atoms with Gasteiger partial charge in [-0.1, -0.05) is 42.5 Å². The molecule has 1 heterocycles. The van der Waals surface area contributed by atoms with Gasteiger partial charge in [0.1, 0.15) is 19.0 Å². The second-order valence-electron chi connectivity index (χ2n) is 7.80. The lowest BCUT2D eigenvalue weighted by molar-refractivity contribution is -0.138. The Morgan fingerprint density at radius 1 is 1.00 bits per heavy atom. The van der Waals surface area contributed by atoms with E-state index >= 15 is 0 Å². The third-order valence-electron chi connectivity index (χ3n) is 5.40. The van der Waals surface area contributed by atoms with Crippen molar-refractivity contribution in [2.75, 3.05) is 44.3 Å². The molecule has 0 spiro atoms. The monoisotopic (exact) mass is 427 g/mol. The lowest BCUT2D eigenvalue weighted by Crippen LogP contribution is -2.50. The molecule has 0 unspecified atom stereocenters. The molecule has 2 aromatic carbocycles. The van der Waals surface area contributed by atoms with Crippen molar-refractivity contribution in [1.82, 2.24) is 10.2 Å². The minimum absolute atomic E-state index is 0.0264. The van der Waals surface area contributed by atoms with Crippen LogP contribution in [0, 0.1) is 5.82 Å². The number of rotatable bonds is 9. The smallest absolute Gasteiger partial charge is 0.248 e. The first kappa shape index (κ1) is 22.7. The van der Waals surface area contributed by atoms with Crippen molar-refractivity contribution in [3.05, 3.63) is 66.0 Å². The zero-order valence-corrected chi connectivity index (χ0v) is 17.9. The van der Waals surface area contributed by atoms with Crippen LogP contribution in [0.5, 0.6) is 0 Å². The Labute approximate surface area is 183 Å². The molecule has 2 aromatic rings. The number of halogens is 1.